The van der Waals surface area contributed by atoms with Gasteiger partial charge in [-0.05, 0) is 31.7 Å². The quantitative estimate of drug-likeness (QED) is 0.823. The first kappa shape index (κ1) is 18.1. The van der Waals surface area contributed by atoms with E-state index in [2.05, 4.69) is 15.5 Å². The van der Waals surface area contributed by atoms with Crippen LogP contribution < -0.4 is 5.32 Å². The highest BCUT2D eigenvalue weighted by Gasteiger charge is 2.32. The summed E-state index contributed by atoms with van der Waals surface area (Å²) in [5, 5.41) is 16.0. The summed E-state index contributed by atoms with van der Waals surface area (Å²) >= 11 is 0. The minimum Gasteiger partial charge on any atom is -0.481 e. The van der Waals surface area contributed by atoms with Crippen molar-refractivity contribution in [2.45, 2.75) is 45.1 Å². The van der Waals surface area contributed by atoms with Crippen LogP contribution in [0.4, 0.5) is 0 Å². The number of hydrogen-bond donors (Lipinski definition) is 2. The van der Waals surface area contributed by atoms with Crippen LogP contribution in [0.2, 0.25) is 0 Å². The summed E-state index contributed by atoms with van der Waals surface area (Å²) in [6.45, 7) is 1.80. The molecule has 2 N–H and O–H groups in total. The third kappa shape index (κ3) is 4.47. The first-order valence-electron chi connectivity index (χ1n) is 8.92. The zero-order valence-electron chi connectivity index (χ0n) is 14.7. The Hall–Kier alpha value is -2.70. The molecule has 0 aliphatic heterocycles. The van der Waals surface area contributed by atoms with Crippen LogP contribution in [0.5, 0.6) is 0 Å². The highest BCUT2D eigenvalue weighted by atomic mass is 16.5. The molecule has 2 aromatic rings. The lowest BCUT2D eigenvalue weighted by atomic mass is 9.81. The van der Waals surface area contributed by atoms with Gasteiger partial charge in [0.1, 0.15) is 0 Å². The number of carboxylic acid groups (broad SMARTS) is 1. The zero-order valence-corrected chi connectivity index (χ0v) is 14.7. The Kier molecular flexibility index (Phi) is 5.65. The molecule has 7 nitrogen and oxygen atoms in total. The number of rotatable bonds is 6. The third-order valence-corrected chi connectivity index (χ3v) is 4.82. The van der Waals surface area contributed by atoms with Gasteiger partial charge in [-0.2, -0.15) is 4.98 Å². The van der Waals surface area contributed by atoms with Gasteiger partial charge in [-0.25, -0.2) is 0 Å². The molecule has 0 radical (unpaired) electrons. The number of aliphatic carboxylic acids is 1. The molecule has 1 aromatic heterocycles. The maximum absolute atomic E-state index is 12.5. The molecule has 26 heavy (non-hydrogen) atoms. The van der Waals surface area contributed by atoms with E-state index < -0.39 is 11.9 Å². The highest BCUT2D eigenvalue weighted by Crippen LogP contribution is 2.29. The Labute approximate surface area is 151 Å². The average Bonchev–Trinajstić information content (AvgIpc) is 3.11. The topological polar surface area (TPSA) is 105 Å². The number of carbonyl (C=O) groups is 2. The van der Waals surface area contributed by atoms with Crippen molar-refractivity contribution in [3.8, 4) is 0 Å². The fraction of sp³-hybridized carbons (Fsp3) is 0.474. The summed E-state index contributed by atoms with van der Waals surface area (Å²) in [4.78, 5) is 28.0. The number of hydrogen-bond acceptors (Lipinski definition) is 5. The lowest BCUT2D eigenvalue weighted by Crippen LogP contribution is -2.37. The van der Waals surface area contributed by atoms with Crippen LogP contribution in [0.25, 0.3) is 0 Å². The highest BCUT2D eigenvalue weighted by molar-refractivity contribution is 5.80. The molecule has 3 atom stereocenters. The monoisotopic (exact) mass is 357 g/mol. The molecule has 1 saturated carbocycles. The van der Waals surface area contributed by atoms with Gasteiger partial charge < -0.3 is 14.9 Å². The van der Waals surface area contributed by atoms with E-state index in [0.29, 0.717) is 37.4 Å². The van der Waals surface area contributed by atoms with E-state index >= 15 is 0 Å². The second-order valence-electron chi connectivity index (χ2n) is 6.84. The normalized spacial score (nSPS) is 21.1. The average molecular weight is 357 g/mol. The Morgan fingerprint density at radius 2 is 2.00 bits per heavy atom. The molecule has 1 aliphatic carbocycles. The van der Waals surface area contributed by atoms with Gasteiger partial charge in [-0.1, -0.05) is 41.9 Å². The summed E-state index contributed by atoms with van der Waals surface area (Å²) < 4.78 is 5.28. The van der Waals surface area contributed by atoms with E-state index in [0.717, 1.165) is 12.0 Å². The molecule has 3 unspecified atom stereocenters. The molecular formula is C19H23N3O4. The minimum absolute atomic E-state index is 0.141. The number of carboxylic acids is 1. The Bertz CT molecular complexity index is 759. The second kappa shape index (κ2) is 8.12. The molecule has 1 fully saturated rings. The van der Waals surface area contributed by atoms with Gasteiger partial charge in [0.25, 0.3) is 0 Å². The number of benzene rings is 1. The maximum atomic E-state index is 12.5. The van der Waals surface area contributed by atoms with Gasteiger partial charge >= 0.3 is 5.97 Å². The summed E-state index contributed by atoms with van der Waals surface area (Å²) in [6, 6.07) is 9.42. The van der Waals surface area contributed by atoms with Crippen molar-refractivity contribution in [2.24, 2.45) is 11.8 Å². The molecule has 7 heteroatoms. The van der Waals surface area contributed by atoms with E-state index in [1.54, 1.807) is 6.92 Å². The van der Waals surface area contributed by atoms with Crippen LogP contribution in [0.1, 0.15) is 55.9 Å². The summed E-state index contributed by atoms with van der Waals surface area (Å²) in [5.41, 5.74) is 1.07. The lowest BCUT2D eigenvalue weighted by Gasteiger charge is -2.26. The summed E-state index contributed by atoms with van der Waals surface area (Å²) in [6.07, 6.45) is 3.04. The molecule has 1 heterocycles. The first-order chi connectivity index (χ1) is 12.5. The summed E-state index contributed by atoms with van der Waals surface area (Å²) in [5.74, 6) is -0.747. The van der Waals surface area contributed by atoms with Gasteiger partial charge in [-0.3, -0.25) is 9.59 Å². The predicted octanol–water partition coefficient (Wildman–Crippen LogP) is 2.73. The van der Waals surface area contributed by atoms with Crippen LogP contribution >= 0.6 is 0 Å². The number of nitrogens with zero attached hydrogens (tertiary/aromatic N) is 2. The molecule has 0 saturated heterocycles. The van der Waals surface area contributed by atoms with Gasteiger partial charge in [0.2, 0.25) is 11.8 Å². The third-order valence-electron chi connectivity index (χ3n) is 4.82. The van der Waals surface area contributed by atoms with Crippen molar-refractivity contribution in [3.63, 3.8) is 0 Å². The van der Waals surface area contributed by atoms with Crippen molar-refractivity contribution in [1.82, 2.24) is 15.5 Å². The molecule has 3 rings (SSSR count). The molecule has 0 bridgehead atoms. The largest absolute Gasteiger partial charge is 0.481 e. The molecule has 138 valence electrons. The van der Waals surface area contributed by atoms with Crippen LogP contribution in [0.3, 0.4) is 0 Å². The van der Waals surface area contributed by atoms with Crippen molar-refractivity contribution in [2.75, 3.05) is 0 Å². The first-order valence-corrected chi connectivity index (χ1v) is 8.92. The lowest BCUT2D eigenvalue weighted by molar-refractivity contribution is -0.144. The standard InChI is InChI=1S/C19H23N3O4/c1-12(20-18(23)14-8-5-9-15(11-14)19(24)25)17-21-16(26-22-17)10-13-6-3-2-4-7-13/h2-4,6-7,12,14-15H,5,8-11H2,1H3,(H,20,23)(H,24,25). The molecule has 1 amide bonds. The van der Waals surface area contributed by atoms with Crippen LogP contribution in [-0.2, 0) is 16.0 Å². The second-order valence-corrected chi connectivity index (χ2v) is 6.84. The fourth-order valence-electron chi connectivity index (χ4n) is 3.33. The maximum Gasteiger partial charge on any atom is 0.306 e. The van der Waals surface area contributed by atoms with Crippen molar-refractivity contribution >= 4 is 11.9 Å². The summed E-state index contributed by atoms with van der Waals surface area (Å²) in [7, 11) is 0. The van der Waals surface area contributed by atoms with Crippen LogP contribution in [-0.4, -0.2) is 27.1 Å². The van der Waals surface area contributed by atoms with Gasteiger partial charge in [-0.15, -0.1) is 0 Å². The van der Waals surface area contributed by atoms with Crippen LogP contribution in [0.15, 0.2) is 34.9 Å². The van der Waals surface area contributed by atoms with E-state index in [4.69, 9.17) is 9.63 Å². The van der Waals surface area contributed by atoms with Crippen LogP contribution in [0, 0.1) is 11.8 Å². The number of carbonyl (C=O) groups excluding carboxylic acids is 1. The van der Waals surface area contributed by atoms with E-state index in [-0.39, 0.29) is 17.9 Å². The smallest absolute Gasteiger partial charge is 0.306 e. The Balaban J connectivity index is 1.57. The van der Waals surface area contributed by atoms with Crippen molar-refractivity contribution in [3.05, 3.63) is 47.6 Å². The minimum atomic E-state index is -0.820. The van der Waals surface area contributed by atoms with E-state index in [1.807, 2.05) is 30.3 Å². The molecular weight excluding hydrogens is 334 g/mol. The fourth-order valence-corrected chi connectivity index (χ4v) is 3.33. The molecule has 1 aromatic carbocycles. The zero-order chi connectivity index (χ0) is 18.5. The van der Waals surface area contributed by atoms with Gasteiger partial charge in [0.15, 0.2) is 5.82 Å². The van der Waals surface area contributed by atoms with Gasteiger partial charge in [0, 0.05) is 5.92 Å². The Morgan fingerprint density at radius 3 is 2.73 bits per heavy atom. The Morgan fingerprint density at radius 1 is 1.27 bits per heavy atom. The number of aromatic nitrogens is 2. The number of nitrogens with one attached hydrogen (secondary N) is 1. The SMILES string of the molecule is CC(NC(=O)C1CCCC(C(=O)O)C1)c1noc(Cc2ccccc2)n1. The van der Waals surface area contributed by atoms with E-state index in [9.17, 15) is 9.59 Å². The predicted molar refractivity (Wildman–Crippen MR) is 93.2 cm³/mol. The molecule has 1 aliphatic rings. The molecule has 0 spiro atoms. The van der Waals surface area contributed by atoms with E-state index in [1.165, 1.54) is 0 Å². The van der Waals surface area contributed by atoms with Crippen molar-refractivity contribution in [1.29, 1.82) is 0 Å². The van der Waals surface area contributed by atoms with Crippen molar-refractivity contribution < 1.29 is 19.2 Å². The van der Waals surface area contributed by atoms with Gasteiger partial charge in [0.05, 0.1) is 18.4 Å². The number of amides is 1.